The van der Waals surface area contributed by atoms with Crippen LogP contribution in [0.4, 0.5) is 6.01 Å². The average Bonchev–Trinajstić information content (AvgIpc) is 3.03. The number of hydrogen-bond acceptors (Lipinski definition) is 5. The van der Waals surface area contributed by atoms with E-state index in [-0.39, 0.29) is 0 Å². The Labute approximate surface area is 122 Å². The molecular weight excluding hydrogens is 266 g/mol. The van der Waals surface area contributed by atoms with Crippen LogP contribution in [0.2, 0.25) is 0 Å². The molecule has 0 atom stereocenters. The van der Waals surface area contributed by atoms with Gasteiger partial charge in [0.25, 0.3) is 0 Å². The highest BCUT2D eigenvalue weighted by Gasteiger charge is 2.08. The highest BCUT2D eigenvalue weighted by molar-refractivity contribution is 5.56. The van der Waals surface area contributed by atoms with E-state index in [9.17, 15) is 0 Å². The molecule has 0 unspecified atom stereocenters. The number of hydrogen-bond donors (Lipinski definition) is 1. The molecule has 0 spiro atoms. The van der Waals surface area contributed by atoms with Crippen LogP contribution in [-0.4, -0.2) is 17.3 Å². The lowest BCUT2D eigenvalue weighted by atomic mass is 10.2. The van der Waals surface area contributed by atoms with Gasteiger partial charge in [-0.2, -0.15) is 4.98 Å². The monoisotopic (exact) mass is 281 g/mol. The fraction of sp³-hybridized carbons (Fsp3) is 0.125. The van der Waals surface area contributed by atoms with Crippen molar-refractivity contribution in [3.05, 3.63) is 60.2 Å². The molecule has 21 heavy (non-hydrogen) atoms. The van der Waals surface area contributed by atoms with Gasteiger partial charge in [0.15, 0.2) is 0 Å². The number of anilines is 1. The number of methoxy groups -OCH3 is 1. The fourth-order valence-electron chi connectivity index (χ4n) is 1.93. The third-order valence-corrected chi connectivity index (χ3v) is 3.06. The summed E-state index contributed by atoms with van der Waals surface area (Å²) >= 11 is 0. The molecule has 3 aromatic rings. The predicted octanol–water partition coefficient (Wildman–Crippen LogP) is 3.36. The molecule has 0 saturated heterocycles. The van der Waals surface area contributed by atoms with E-state index in [4.69, 9.17) is 9.26 Å². The van der Waals surface area contributed by atoms with Crippen molar-refractivity contribution < 1.29 is 9.26 Å². The van der Waals surface area contributed by atoms with E-state index in [1.54, 1.807) is 7.11 Å². The first kappa shape index (κ1) is 13.2. The van der Waals surface area contributed by atoms with Gasteiger partial charge in [-0.05, 0) is 29.8 Å². The van der Waals surface area contributed by atoms with Crippen LogP contribution in [0, 0.1) is 0 Å². The Bertz CT molecular complexity index is 693. The molecule has 106 valence electrons. The zero-order valence-electron chi connectivity index (χ0n) is 11.6. The van der Waals surface area contributed by atoms with Gasteiger partial charge in [-0.1, -0.05) is 35.5 Å². The third kappa shape index (κ3) is 3.20. The first-order chi connectivity index (χ1) is 10.3. The van der Waals surface area contributed by atoms with Crippen LogP contribution < -0.4 is 10.1 Å². The molecule has 0 saturated carbocycles. The molecule has 2 aromatic carbocycles. The zero-order chi connectivity index (χ0) is 14.5. The molecule has 0 aliphatic carbocycles. The van der Waals surface area contributed by atoms with Crippen molar-refractivity contribution in [2.45, 2.75) is 6.54 Å². The number of aromatic nitrogens is 2. The molecule has 1 aromatic heterocycles. The zero-order valence-corrected chi connectivity index (χ0v) is 11.6. The highest BCUT2D eigenvalue weighted by atomic mass is 16.5. The summed E-state index contributed by atoms with van der Waals surface area (Å²) in [6, 6.07) is 18.0. The molecule has 5 heteroatoms. The summed E-state index contributed by atoms with van der Waals surface area (Å²) < 4.78 is 10.3. The van der Waals surface area contributed by atoms with Gasteiger partial charge in [-0.25, -0.2) is 0 Å². The second-order valence-electron chi connectivity index (χ2n) is 4.49. The van der Waals surface area contributed by atoms with Crippen LogP contribution in [0.5, 0.6) is 5.75 Å². The number of nitrogens with one attached hydrogen (secondary N) is 1. The minimum atomic E-state index is 0.407. The Kier molecular flexibility index (Phi) is 3.82. The number of benzene rings is 2. The van der Waals surface area contributed by atoms with Gasteiger partial charge < -0.3 is 14.6 Å². The SMILES string of the molecule is COc1ccc(-c2noc(NCc3ccccc3)n2)cc1. The number of rotatable bonds is 5. The van der Waals surface area contributed by atoms with Crippen LogP contribution in [0.25, 0.3) is 11.4 Å². The van der Waals surface area contributed by atoms with Gasteiger partial charge >= 0.3 is 6.01 Å². The maximum Gasteiger partial charge on any atom is 0.322 e. The van der Waals surface area contributed by atoms with E-state index >= 15 is 0 Å². The first-order valence-corrected chi connectivity index (χ1v) is 6.61. The van der Waals surface area contributed by atoms with Crippen molar-refractivity contribution >= 4 is 6.01 Å². The number of nitrogens with zero attached hydrogens (tertiary/aromatic N) is 2. The summed E-state index contributed by atoms with van der Waals surface area (Å²) in [5.41, 5.74) is 2.04. The minimum absolute atomic E-state index is 0.407. The van der Waals surface area contributed by atoms with Crippen LogP contribution >= 0.6 is 0 Å². The Balaban J connectivity index is 1.68. The standard InChI is InChI=1S/C16H15N3O2/c1-20-14-9-7-13(8-10-14)15-18-16(21-19-15)17-11-12-5-3-2-4-6-12/h2-10H,11H2,1H3,(H,17,18,19). The lowest BCUT2D eigenvalue weighted by Crippen LogP contribution is -1.99. The minimum Gasteiger partial charge on any atom is -0.497 e. The van der Waals surface area contributed by atoms with Crippen LogP contribution in [-0.2, 0) is 6.54 Å². The van der Waals surface area contributed by atoms with Crippen LogP contribution in [0.15, 0.2) is 59.1 Å². The van der Waals surface area contributed by atoms with Crippen molar-refractivity contribution in [1.29, 1.82) is 0 Å². The van der Waals surface area contributed by atoms with E-state index in [1.165, 1.54) is 0 Å². The molecule has 0 amide bonds. The van der Waals surface area contributed by atoms with Crippen molar-refractivity contribution in [3.8, 4) is 17.1 Å². The Morgan fingerprint density at radius 3 is 2.52 bits per heavy atom. The smallest absolute Gasteiger partial charge is 0.322 e. The van der Waals surface area contributed by atoms with E-state index in [0.29, 0.717) is 18.4 Å². The Morgan fingerprint density at radius 1 is 1.05 bits per heavy atom. The quantitative estimate of drug-likeness (QED) is 0.777. The lowest BCUT2D eigenvalue weighted by molar-refractivity contribution is 0.415. The predicted molar refractivity (Wildman–Crippen MR) is 80.1 cm³/mol. The van der Waals surface area contributed by atoms with Gasteiger partial charge in [0.1, 0.15) is 5.75 Å². The summed E-state index contributed by atoms with van der Waals surface area (Å²) in [6.07, 6.45) is 0. The van der Waals surface area contributed by atoms with Crippen molar-refractivity contribution in [1.82, 2.24) is 10.1 Å². The summed E-state index contributed by atoms with van der Waals surface area (Å²) in [7, 11) is 1.63. The lowest BCUT2D eigenvalue weighted by Gasteiger charge is -2.00. The highest BCUT2D eigenvalue weighted by Crippen LogP contribution is 2.21. The molecule has 3 rings (SSSR count). The van der Waals surface area contributed by atoms with E-state index < -0.39 is 0 Å². The molecule has 0 radical (unpaired) electrons. The van der Waals surface area contributed by atoms with Gasteiger partial charge in [-0.3, -0.25) is 0 Å². The average molecular weight is 281 g/mol. The molecule has 0 aliphatic heterocycles. The molecule has 0 fully saturated rings. The van der Waals surface area contributed by atoms with E-state index in [2.05, 4.69) is 15.5 Å². The second kappa shape index (κ2) is 6.09. The van der Waals surface area contributed by atoms with Crippen LogP contribution in [0.1, 0.15) is 5.56 Å². The molecule has 5 nitrogen and oxygen atoms in total. The first-order valence-electron chi connectivity index (χ1n) is 6.61. The maximum atomic E-state index is 5.19. The van der Waals surface area contributed by atoms with Gasteiger partial charge in [0.2, 0.25) is 5.82 Å². The van der Waals surface area contributed by atoms with Gasteiger partial charge in [-0.15, -0.1) is 0 Å². The Morgan fingerprint density at radius 2 is 1.81 bits per heavy atom. The van der Waals surface area contributed by atoms with Crippen molar-refractivity contribution in [2.75, 3.05) is 12.4 Å². The van der Waals surface area contributed by atoms with E-state index in [1.807, 2.05) is 54.6 Å². The van der Waals surface area contributed by atoms with E-state index in [0.717, 1.165) is 16.9 Å². The summed E-state index contributed by atoms with van der Waals surface area (Å²) in [6.45, 7) is 0.644. The molecular formula is C16H15N3O2. The molecule has 0 bridgehead atoms. The molecule has 0 aliphatic rings. The molecule has 1 heterocycles. The van der Waals surface area contributed by atoms with Gasteiger partial charge in [0.05, 0.1) is 7.11 Å². The number of ether oxygens (including phenoxy) is 1. The van der Waals surface area contributed by atoms with Crippen molar-refractivity contribution in [2.24, 2.45) is 0 Å². The Hall–Kier alpha value is -2.82. The summed E-state index contributed by atoms with van der Waals surface area (Å²) in [4.78, 5) is 4.32. The van der Waals surface area contributed by atoms with Crippen molar-refractivity contribution in [3.63, 3.8) is 0 Å². The topological polar surface area (TPSA) is 60.2 Å². The molecule has 1 N–H and O–H groups in total. The third-order valence-electron chi connectivity index (χ3n) is 3.06. The maximum absolute atomic E-state index is 5.19. The van der Waals surface area contributed by atoms with Gasteiger partial charge in [0, 0.05) is 12.1 Å². The summed E-state index contributed by atoms with van der Waals surface area (Å²) in [5, 5.41) is 7.07. The fourth-order valence-corrected chi connectivity index (χ4v) is 1.93. The second-order valence-corrected chi connectivity index (χ2v) is 4.49. The van der Waals surface area contributed by atoms with Crippen LogP contribution in [0.3, 0.4) is 0 Å². The normalized spacial score (nSPS) is 10.3. The largest absolute Gasteiger partial charge is 0.497 e. The summed E-state index contributed by atoms with van der Waals surface area (Å²) in [5.74, 6) is 1.35.